The van der Waals surface area contributed by atoms with Gasteiger partial charge in [-0.25, -0.2) is 0 Å². The molecule has 0 aliphatic heterocycles. The summed E-state index contributed by atoms with van der Waals surface area (Å²) < 4.78 is 0. The van der Waals surface area contributed by atoms with Gasteiger partial charge in [-0.2, -0.15) is 0 Å². The predicted octanol–water partition coefficient (Wildman–Crippen LogP) is 3.94. The van der Waals surface area contributed by atoms with Gasteiger partial charge in [0.25, 0.3) is 0 Å². The molecule has 0 bridgehead atoms. The number of rotatable bonds is 3. The lowest BCUT2D eigenvalue weighted by molar-refractivity contribution is 0.719. The number of hydrogen-bond acceptors (Lipinski definition) is 2. The largest absolute Gasteiger partial charge is 0.324 e. The molecule has 0 saturated heterocycles. The fraction of sp³-hybridized carbons (Fsp3) is 0.214. The van der Waals surface area contributed by atoms with Crippen LogP contribution < -0.4 is 5.73 Å². The Balaban J connectivity index is 2.18. The zero-order valence-corrected chi connectivity index (χ0v) is 11.5. The highest BCUT2D eigenvalue weighted by atomic mass is 35.5. The number of aromatic nitrogens is 1. The molecule has 0 amide bonds. The number of aryl methyl sites for hydroxylation is 1. The van der Waals surface area contributed by atoms with E-state index >= 15 is 0 Å². The summed E-state index contributed by atoms with van der Waals surface area (Å²) in [6, 6.07) is 9.32. The van der Waals surface area contributed by atoms with E-state index in [1.54, 1.807) is 12.3 Å². The van der Waals surface area contributed by atoms with Crippen molar-refractivity contribution in [1.29, 1.82) is 0 Å². The van der Waals surface area contributed by atoms with Crippen LogP contribution in [0.25, 0.3) is 0 Å². The normalized spacial score (nSPS) is 12.4. The minimum absolute atomic E-state index is 0.0922. The van der Waals surface area contributed by atoms with Gasteiger partial charge in [0.15, 0.2) is 0 Å². The molecule has 0 spiro atoms. The summed E-state index contributed by atoms with van der Waals surface area (Å²) in [4.78, 5) is 4.16. The highest BCUT2D eigenvalue weighted by molar-refractivity contribution is 6.35. The molecule has 0 radical (unpaired) electrons. The Morgan fingerprint density at radius 3 is 2.67 bits per heavy atom. The number of benzene rings is 1. The third-order valence-corrected chi connectivity index (χ3v) is 3.39. The fourth-order valence-corrected chi connectivity index (χ4v) is 2.33. The van der Waals surface area contributed by atoms with Crippen LogP contribution >= 0.6 is 23.2 Å². The van der Waals surface area contributed by atoms with Gasteiger partial charge in [0, 0.05) is 28.0 Å². The molecule has 2 nitrogen and oxygen atoms in total. The van der Waals surface area contributed by atoms with E-state index in [-0.39, 0.29) is 6.04 Å². The van der Waals surface area contributed by atoms with E-state index in [2.05, 4.69) is 4.98 Å². The Hall–Kier alpha value is -1.09. The molecule has 0 aliphatic rings. The minimum atomic E-state index is -0.0922. The van der Waals surface area contributed by atoms with Crippen LogP contribution in [0.5, 0.6) is 0 Å². The molecule has 4 heteroatoms. The maximum absolute atomic E-state index is 6.18. The molecule has 94 valence electrons. The van der Waals surface area contributed by atoms with Gasteiger partial charge in [-0.1, -0.05) is 29.3 Å². The second-order valence-corrected chi connectivity index (χ2v) is 5.12. The molecule has 1 unspecified atom stereocenters. The van der Waals surface area contributed by atoms with Crippen molar-refractivity contribution in [2.45, 2.75) is 19.4 Å². The second-order valence-electron chi connectivity index (χ2n) is 4.28. The SMILES string of the molecule is Cc1cc(C(N)Cc2ccc(Cl)cc2Cl)ccn1. The van der Waals surface area contributed by atoms with E-state index in [9.17, 15) is 0 Å². The molecular weight excluding hydrogens is 267 g/mol. The van der Waals surface area contributed by atoms with Gasteiger partial charge in [-0.15, -0.1) is 0 Å². The summed E-state index contributed by atoms with van der Waals surface area (Å²) in [5.41, 5.74) is 9.21. The third-order valence-electron chi connectivity index (χ3n) is 2.80. The highest BCUT2D eigenvalue weighted by Gasteiger charge is 2.10. The second kappa shape index (κ2) is 5.70. The molecule has 18 heavy (non-hydrogen) atoms. The highest BCUT2D eigenvalue weighted by Crippen LogP contribution is 2.25. The van der Waals surface area contributed by atoms with Gasteiger partial charge in [0.2, 0.25) is 0 Å². The van der Waals surface area contributed by atoms with Gasteiger partial charge in [0.1, 0.15) is 0 Å². The molecule has 1 aromatic heterocycles. The quantitative estimate of drug-likeness (QED) is 0.925. The van der Waals surface area contributed by atoms with Crippen LogP contribution in [0.1, 0.15) is 22.9 Å². The first-order chi connectivity index (χ1) is 8.56. The first-order valence-corrected chi connectivity index (χ1v) is 6.44. The summed E-state index contributed by atoms with van der Waals surface area (Å²) in [5.74, 6) is 0. The molecule has 2 rings (SSSR count). The monoisotopic (exact) mass is 280 g/mol. The lowest BCUT2D eigenvalue weighted by Gasteiger charge is -2.13. The number of nitrogens with two attached hydrogens (primary N) is 1. The van der Waals surface area contributed by atoms with Crippen molar-refractivity contribution >= 4 is 23.2 Å². The molecular formula is C14H14Cl2N2. The van der Waals surface area contributed by atoms with Gasteiger partial charge in [0.05, 0.1) is 0 Å². The van der Waals surface area contributed by atoms with E-state index in [0.717, 1.165) is 16.8 Å². The maximum atomic E-state index is 6.18. The van der Waals surface area contributed by atoms with Gasteiger partial charge in [-0.3, -0.25) is 4.98 Å². The van der Waals surface area contributed by atoms with E-state index in [1.165, 1.54) is 0 Å². The maximum Gasteiger partial charge on any atom is 0.0453 e. The Morgan fingerprint density at radius 2 is 2.00 bits per heavy atom. The lowest BCUT2D eigenvalue weighted by Crippen LogP contribution is -2.14. The average Bonchev–Trinajstić information content (AvgIpc) is 2.32. The first kappa shape index (κ1) is 13.3. The Bertz CT molecular complexity index is 555. The van der Waals surface area contributed by atoms with Gasteiger partial charge in [-0.05, 0) is 48.7 Å². The summed E-state index contributed by atoms with van der Waals surface area (Å²) >= 11 is 12.0. The van der Waals surface area contributed by atoms with Crippen molar-refractivity contribution in [3.63, 3.8) is 0 Å². The van der Waals surface area contributed by atoms with Gasteiger partial charge < -0.3 is 5.73 Å². The zero-order chi connectivity index (χ0) is 13.1. The van der Waals surface area contributed by atoms with Crippen LogP contribution in [0.4, 0.5) is 0 Å². The Morgan fingerprint density at radius 1 is 1.22 bits per heavy atom. The summed E-state index contributed by atoms with van der Waals surface area (Å²) in [6.45, 7) is 1.95. The standard InChI is InChI=1S/C14H14Cl2N2/c1-9-6-11(4-5-18-9)14(17)7-10-2-3-12(15)8-13(10)16/h2-6,8,14H,7,17H2,1H3. The van der Waals surface area contributed by atoms with E-state index in [0.29, 0.717) is 16.5 Å². The Kier molecular flexibility index (Phi) is 4.23. The predicted molar refractivity (Wildman–Crippen MR) is 76.1 cm³/mol. The third kappa shape index (κ3) is 3.22. The number of hydrogen-bond donors (Lipinski definition) is 1. The molecule has 0 aliphatic carbocycles. The minimum Gasteiger partial charge on any atom is -0.324 e. The van der Waals surface area contributed by atoms with Crippen LogP contribution in [0, 0.1) is 6.92 Å². The lowest BCUT2D eigenvalue weighted by atomic mass is 10.00. The van der Waals surface area contributed by atoms with E-state index in [4.69, 9.17) is 28.9 Å². The summed E-state index contributed by atoms with van der Waals surface area (Å²) in [7, 11) is 0. The summed E-state index contributed by atoms with van der Waals surface area (Å²) in [5, 5.41) is 1.29. The first-order valence-electron chi connectivity index (χ1n) is 5.68. The van der Waals surface area contributed by atoms with Gasteiger partial charge >= 0.3 is 0 Å². The number of pyridine rings is 1. The van der Waals surface area contributed by atoms with Crippen LogP contribution in [0.15, 0.2) is 36.5 Å². The topological polar surface area (TPSA) is 38.9 Å². The molecule has 1 heterocycles. The molecule has 0 saturated carbocycles. The van der Waals surface area contributed by atoms with Crippen LogP contribution in [-0.4, -0.2) is 4.98 Å². The smallest absolute Gasteiger partial charge is 0.0453 e. The van der Waals surface area contributed by atoms with Crippen molar-refractivity contribution < 1.29 is 0 Å². The molecule has 1 aromatic carbocycles. The molecule has 2 N–H and O–H groups in total. The van der Waals surface area contributed by atoms with Crippen molar-refractivity contribution in [3.8, 4) is 0 Å². The molecule has 1 atom stereocenters. The average molecular weight is 281 g/mol. The van der Waals surface area contributed by atoms with E-state index in [1.807, 2.05) is 31.2 Å². The van der Waals surface area contributed by atoms with Crippen LogP contribution in [-0.2, 0) is 6.42 Å². The van der Waals surface area contributed by atoms with Crippen molar-refractivity contribution in [2.75, 3.05) is 0 Å². The van der Waals surface area contributed by atoms with Crippen LogP contribution in [0.2, 0.25) is 10.0 Å². The zero-order valence-electron chi connectivity index (χ0n) is 10.0. The molecule has 2 aromatic rings. The number of halogens is 2. The summed E-state index contributed by atoms with van der Waals surface area (Å²) in [6.07, 6.45) is 2.45. The molecule has 0 fully saturated rings. The van der Waals surface area contributed by atoms with Crippen LogP contribution in [0.3, 0.4) is 0 Å². The Labute approximate surface area is 117 Å². The van der Waals surface area contributed by atoms with E-state index < -0.39 is 0 Å². The van der Waals surface area contributed by atoms with Crippen molar-refractivity contribution in [1.82, 2.24) is 4.98 Å². The van der Waals surface area contributed by atoms with Crippen molar-refractivity contribution in [2.24, 2.45) is 5.73 Å². The fourth-order valence-electron chi connectivity index (χ4n) is 1.84. The number of nitrogens with zero attached hydrogens (tertiary/aromatic N) is 1. The van der Waals surface area contributed by atoms with Crippen molar-refractivity contribution in [3.05, 3.63) is 63.4 Å².